The summed E-state index contributed by atoms with van der Waals surface area (Å²) in [5.74, 6) is -1.17. The lowest BCUT2D eigenvalue weighted by Gasteiger charge is -2.29. The van der Waals surface area contributed by atoms with Crippen LogP contribution in [-0.2, 0) is 22.4 Å². The number of hydrogen-bond donors (Lipinski definition) is 2. The Kier molecular flexibility index (Phi) is 7.93. The summed E-state index contributed by atoms with van der Waals surface area (Å²) in [6, 6.07) is 16.9. The Bertz CT molecular complexity index is 1830. The van der Waals surface area contributed by atoms with Crippen LogP contribution in [0.2, 0.25) is 0 Å². The Hall–Kier alpha value is -3.86. The van der Waals surface area contributed by atoms with Crippen LogP contribution in [0.5, 0.6) is 0 Å². The molecule has 0 bridgehead atoms. The minimum Gasteiger partial charge on any atom is -0.322 e. The van der Waals surface area contributed by atoms with Crippen molar-refractivity contribution in [3.63, 3.8) is 0 Å². The van der Waals surface area contributed by atoms with E-state index >= 15 is 0 Å². The Morgan fingerprint density at radius 3 is 2.44 bits per heavy atom. The van der Waals surface area contributed by atoms with Crippen LogP contribution in [0.1, 0.15) is 56.2 Å². The van der Waals surface area contributed by atoms with Crippen LogP contribution < -0.4 is 15.5 Å². The number of rotatable bonds is 5. The highest BCUT2D eigenvalue weighted by atomic mass is 79.9. The van der Waals surface area contributed by atoms with Gasteiger partial charge in [0.15, 0.2) is 5.11 Å². The Morgan fingerprint density at radius 1 is 1.02 bits per heavy atom. The molecule has 3 amide bonds. The quantitative estimate of drug-likeness (QED) is 0.134. The molecule has 0 saturated carbocycles. The second-order valence-electron chi connectivity index (χ2n) is 10.8. The number of anilines is 2. The van der Waals surface area contributed by atoms with Gasteiger partial charge in [-0.25, -0.2) is 0 Å². The van der Waals surface area contributed by atoms with Crippen molar-refractivity contribution in [2.75, 3.05) is 10.2 Å². The fourth-order valence-corrected chi connectivity index (χ4v) is 7.70. The van der Waals surface area contributed by atoms with Crippen LogP contribution in [0.15, 0.2) is 64.6 Å². The average molecular weight is 674 g/mol. The molecule has 2 aromatic carbocycles. The van der Waals surface area contributed by atoms with Gasteiger partial charge < -0.3 is 9.88 Å². The zero-order valence-electron chi connectivity index (χ0n) is 23.9. The molecule has 218 valence electrons. The fraction of sp³-hybridized carbons (Fsp3) is 0.212. The average Bonchev–Trinajstić information content (AvgIpc) is 3.48. The van der Waals surface area contributed by atoms with Crippen molar-refractivity contribution in [3.05, 3.63) is 103 Å². The Labute approximate surface area is 267 Å². The van der Waals surface area contributed by atoms with Gasteiger partial charge in [0.1, 0.15) is 10.6 Å². The first kappa shape index (κ1) is 29.2. The molecule has 0 spiro atoms. The van der Waals surface area contributed by atoms with Crippen molar-refractivity contribution in [2.24, 2.45) is 0 Å². The van der Waals surface area contributed by atoms with Crippen LogP contribution in [-0.4, -0.2) is 27.4 Å². The number of nitrogens with one attached hydrogen (secondary N) is 2. The topological polar surface area (TPSA) is 83.4 Å². The van der Waals surface area contributed by atoms with Crippen LogP contribution in [0.4, 0.5) is 11.4 Å². The number of hydrogen-bond acceptors (Lipinski definition) is 5. The van der Waals surface area contributed by atoms with Gasteiger partial charge in [-0.2, -0.15) is 0 Å². The molecule has 0 atom stereocenters. The van der Waals surface area contributed by atoms with Gasteiger partial charge in [-0.15, -0.1) is 11.3 Å². The van der Waals surface area contributed by atoms with Crippen molar-refractivity contribution in [2.45, 2.75) is 46.5 Å². The molecule has 4 aromatic rings. The Morgan fingerprint density at radius 2 is 1.72 bits per heavy atom. The minimum absolute atomic E-state index is 0.0143. The Balaban J connectivity index is 1.40. The number of aromatic nitrogens is 1. The maximum atomic E-state index is 13.8. The molecule has 1 aliphatic carbocycles. The highest BCUT2D eigenvalue weighted by Gasteiger charge is 2.35. The molecular weight excluding hydrogens is 644 g/mol. The molecule has 43 heavy (non-hydrogen) atoms. The van der Waals surface area contributed by atoms with Crippen molar-refractivity contribution >= 4 is 79.8 Å². The van der Waals surface area contributed by atoms with Gasteiger partial charge in [-0.05, 0) is 118 Å². The van der Waals surface area contributed by atoms with Crippen molar-refractivity contribution < 1.29 is 14.4 Å². The van der Waals surface area contributed by atoms with Gasteiger partial charge in [0.05, 0.1) is 11.3 Å². The molecule has 2 aliphatic rings. The van der Waals surface area contributed by atoms with Crippen molar-refractivity contribution in [3.8, 4) is 5.00 Å². The normalized spacial score (nSPS) is 16.0. The molecule has 3 heterocycles. The molecule has 7 nitrogen and oxygen atoms in total. The number of thiocarbonyl (C=S) groups is 1. The van der Waals surface area contributed by atoms with E-state index in [0.29, 0.717) is 11.3 Å². The number of fused-ring (bicyclic) bond motifs is 1. The second kappa shape index (κ2) is 11.7. The molecule has 6 rings (SSSR count). The molecule has 0 radical (unpaired) electrons. The summed E-state index contributed by atoms with van der Waals surface area (Å²) in [6.07, 6.45) is 5.56. The van der Waals surface area contributed by atoms with E-state index in [2.05, 4.69) is 31.1 Å². The molecule has 1 saturated heterocycles. The largest absolute Gasteiger partial charge is 0.322 e. The van der Waals surface area contributed by atoms with E-state index in [4.69, 9.17) is 12.2 Å². The third-order valence-corrected chi connectivity index (χ3v) is 9.94. The van der Waals surface area contributed by atoms with E-state index in [0.717, 1.165) is 68.9 Å². The number of carbonyl (C=O) groups excluding carboxylic acids is 3. The summed E-state index contributed by atoms with van der Waals surface area (Å²) >= 11 is 10.4. The number of thiophene rings is 1. The van der Waals surface area contributed by atoms with Gasteiger partial charge in [-0.3, -0.25) is 24.6 Å². The van der Waals surface area contributed by atoms with E-state index in [9.17, 15) is 14.4 Å². The summed E-state index contributed by atoms with van der Waals surface area (Å²) in [5, 5.41) is 6.66. The monoisotopic (exact) mass is 672 g/mol. The summed E-state index contributed by atoms with van der Waals surface area (Å²) in [5.41, 5.74) is 6.67. The SMILES string of the molecule is Cc1ccc(NC(=O)c2c(-n3c(C)cc(C=C4C(=O)NC(=S)N(c5ccc(Br)cc5)C4=O)c3C)sc3c2CCCC3)cc1. The second-order valence-corrected chi connectivity index (χ2v) is 13.2. The summed E-state index contributed by atoms with van der Waals surface area (Å²) in [4.78, 5) is 43.0. The molecular formula is C33H29BrN4O3S2. The van der Waals surface area contributed by atoms with Gasteiger partial charge in [-0.1, -0.05) is 33.6 Å². The van der Waals surface area contributed by atoms with Gasteiger partial charge in [0.25, 0.3) is 17.7 Å². The third kappa shape index (κ3) is 5.50. The molecule has 1 aliphatic heterocycles. The van der Waals surface area contributed by atoms with Crippen LogP contribution in [0.3, 0.4) is 0 Å². The predicted molar refractivity (Wildman–Crippen MR) is 179 cm³/mol. The van der Waals surface area contributed by atoms with Gasteiger partial charge >= 0.3 is 0 Å². The number of aryl methyl sites for hydroxylation is 3. The number of carbonyl (C=O) groups is 3. The van der Waals surface area contributed by atoms with Crippen molar-refractivity contribution in [1.29, 1.82) is 0 Å². The maximum absolute atomic E-state index is 13.8. The zero-order chi connectivity index (χ0) is 30.4. The summed E-state index contributed by atoms with van der Waals surface area (Å²) < 4.78 is 2.93. The van der Waals surface area contributed by atoms with Gasteiger partial charge in [0.2, 0.25) is 0 Å². The molecule has 2 aromatic heterocycles. The molecule has 10 heteroatoms. The van der Waals surface area contributed by atoms with Crippen LogP contribution in [0.25, 0.3) is 11.1 Å². The van der Waals surface area contributed by atoms with Gasteiger partial charge in [0, 0.05) is 26.4 Å². The fourth-order valence-electron chi connectivity index (χ4n) is 5.66. The lowest BCUT2D eigenvalue weighted by atomic mass is 9.95. The van der Waals surface area contributed by atoms with Crippen LogP contribution in [0, 0.1) is 20.8 Å². The molecule has 0 unspecified atom stereocenters. The highest BCUT2D eigenvalue weighted by molar-refractivity contribution is 9.10. The van der Waals surface area contributed by atoms with E-state index in [1.807, 2.05) is 63.2 Å². The van der Waals surface area contributed by atoms with E-state index in [1.54, 1.807) is 29.5 Å². The number of benzene rings is 2. The summed E-state index contributed by atoms with van der Waals surface area (Å²) in [7, 11) is 0. The predicted octanol–water partition coefficient (Wildman–Crippen LogP) is 7.19. The number of amides is 3. The lowest BCUT2D eigenvalue weighted by molar-refractivity contribution is -0.122. The first-order valence-electron chi connectivity index (χ1n) is 14.0. The van der Waals surface area contributed by atoms with Crippen LogP contribution >= 0.6 is 39.5 Å². The smallest absolute Gasteiger partial charge is 0.270 e. The van der Waals surface area contributed by atoms with E-state index < -0.39 is 11.8 Å². The molecule has 2 N–H and O–H groups in total. The molecule has 1 fully saturated rings. The third-order valence-electron chi connectivity index (χ3n) is 7.85. The van der Waals surface area contributed by atoms with Crippen molar-refractivity contribution in [1.82, 2.24) is 9.88 Å². The standard InChI is InChI=1S/C33H29BrN4O3S2/c1-18-8-12-23(13-9-18)35-30(40)28-25-6-4-5-7-27(25)43-32(28)37-19(2)16-21(20(37)3)17-26-29(39)36-33(42)38(31(26)41)24-14-10-22(34)11-15-24/h8-17H,4-7H2,1-3H3,(H,35,40)(H,36,39,42). The summed E-state index contributed by atoms with van der Waals surface area (Å²) in [6.45, 7) is 5.93. The lowest BCUT2D eigenvalue weighted by Crippen LogP contribution is -2.54. The number of nitrogens with zero attached hydrogens (tertiary/aromatic N) is 2. The minimum atomic E-state index is -0.544. The zero-order valence-corrected chi connectivity index (χ0v) is 27.1. The van der Waals surface area contributed by atoms with E-state index in [1.165, 1.54) is 9.78 Å². The first-order valence-corrected chi connectivity index (χ1v) is 16.0. The first-order chi connectivity index (χ1) is 20.6. The maximum Gasteiger partial charge on any atom is 0.270 e. The number of halogens is 1. The van der Waals surface area contributed by atoms with E-state index in [-0.39, 0.29) is 16.6 Å². The highest BCUT2D eigenvalue weighted by Crippen LogP contribution is 2.39.